The third-order valence-corrected chi connectivity index (χ3v) is 2.92. The van der Waals surface area contributed by atoms with E-state index in [9.17, 15) is 9.18 Å². The summed E-state index contributed by atoms with van der Waals surface area (Å²) in [6.45, 7) is 0.344. The normalized spacial score (nSPS) is 10.4. The molecule has 0 radical (unpaired) electrons. The number of hydrogen-bond acceptors (Lipinski definition) is 2. The van der Waals surface area contributed by atoms with Crippen LogP contribution >= 0.6 is 11.6 Å². The predicted molar refractivity (Wildman–Crippen MR) is 70.7 cm³/mol. The Bertz CT molecular complexity index is 568. The van der Waals surface area contributed by atoms with Crippen LogP contribution in [0.15, 0.2) is 40.8 Å². The van der Waals surface area contributed by atoms with Crippen LogP contribution in [0.3, 0.4) is 0 Å². The van der Waals surface area contributed by atoms with E-state index in [2.05, 4.69) is 5.32 Å². The van der Waals surface area contributed by atoms with Crippen LogP contribution in [0.2, 0.25) is 0 Å². The van der Waals surface area contributed by atoms with Crippen molar-refractivity contribution in [1.82, 2.24) is 5.32 Å². The molecule has 0 aliphatic carbocycles. The van der Waals surface area contributed by atoms with Crippen LogP contribution in [0, 0.1) is 5.82 Å². The highest BCUT2D eigenvalue weighted by Crippen LogP contribution is 2.10. The third-order valence-electron chi connectivity index (χ3n) is 2.65. The maximum absolute atomic E-state index is 13.3. The summed E-state index contributed by atoms with van der Waals surface area (Å²) in [6.07, 6.45) is 0.432. The van der Waals surface area contributed by atoms with Crippen molar-refractivity contribution in [2.45, 2.75) is 12.3 Å². The molecule has 2 aromatic rings. The number of furan rings is 1. The van der Waals surface area contributed by atoms with E-state index >= 15 is 0 Å². The van der Waals surface area contributed by atoms with Crippen molar-refractivity contribution in [2.75, 3.05) is 6.54 Å². The standard InChI is InChI=1S/C14H13ClFNO2/c15-9-11-5-6-13(19-11)14(18)17-8-7-10-3-1-2-4-12(10)16/h1-6H,7-9H2,(H,17,18). The van der Waals surface area contributed by atoms with Gasteiger partial charge in [0.2, 0.25) is 0 Å². The molecule has 100 valence electrons. The maximum Gasteiger partial charge on any atom is 0.287 e. The third kappa shape index (κ3) is 3.58. The van der Waals surface area contributed by atoms with Gasteiger partial charge in [-0.1, -0.05) is 18.2 Å². The number of carbonyl (C=O) groups is 1. The van der Waals surface area contributed by atoms with Gasteiger partial charge < -0.3 is 9.73 Å². The number of rotatable bonds is 5. The Morgan fingerprint density at radius 2 is 2.05 bits per heavy atom. The van der Waals surface area contributed by atoms with Crippen LogP contribution in [0.5, 0.6) is 0 Å². The topological polar surface area (TPSA) is 42.2 Å². The number of halogens is 2. The lowest BCUT2D eigenvalue weighted by molar-refractivity contribution is 0.0925. The van der Waals surface area contributed by atoms with Crippen molar-refractivity contribution in [3.63, 3.8) is 0 Å². The lowest BCUT2D eigenvalue weighted by Gasteiger charge is -2.04. The Morgan fingerprint density at radius 1 is 1.26 bits per heavy atom. The van der Waals surface area contributed by atoms with Crippen molar-refractivity contribution in [2.24, 2.45) is 0 Å². The molecule has 1 aromatic carbocycles. The van der Waals surface area contributed by atoms with Crippen molar-refractivity contribution < 1.29 is 13.6 Å². The molecule has 3 nitrogen and oxygen atoms in total. The summed E-state index contributed by atoms with van der Waals surface area (Å²) < 4.78 is 18.5. The highest BCUT2D eigenvalue weighted by molar-refractivity contribution is 6.16. The molecule has 0 unspecified atom stereocenters. The SMILES string of the molecule is O=C(NCCc1ccccc1F)c1ccc(CCl)o1. The molecule has 0 bridgehead atoms. The molecule has 0 saturated carbocycles. The Morgan fingerprint density at radius 3 is 2.74 bits per heavy atom. The fraction of sp³-hybridized carbons (Fsp3) is 0.214. The minimum absolute atomic E-state index is 0.212. The van der Waals surface area contributed by atoms with Gasteiger partial charge in [0.1, 0.15) is 11.6 Å². The molecule has 1 amide bonds. The van der Waals surface area contributed by atoms with Gasteiger partial charge >= 0.3 is 0 Å². The van der Waals surface area contributed by atoms with Gasteiger partial charge in [-0.05, 0) is 30.2 Å². The van der Waals surface area contributed by atoms with Gasteiger partial charge in [-0.15, -0.1) is 11.6 Å². The lowest BCUT2D eigenvalue weighted by Crippen LogP contribution is -2.25. The van der Waals surface area contributed by atoms with Crippen molar-refractivity contribution >= 4 is 17.5 Å². The fourth-order valence-electron chi connectivity index (χ4n) is 1.67. The largest absolute Gasteiger partial charge is 0.455 e. The molecule has 0 saturated heterocycles. The smallest absolute Gasteiger partial charge is 0.287 e. The van der Waals surface area contributed by atoms with Crippen LogP contribution in [0.25, 0.3) is 0 Å². The molecule has 0 aliphatic rings. The van der Waals surface area contributed by atoms with E-state index < -0.39 is 0 Å². The van der Waals surface area contributed by atoms with Gasteiger partial charge in [-0.25, -0.2) is 4.39 Å². The van der Waals surface area contributed by atoms with Gasteiger partial charge in [-0.3, -0.25) is 4.79 Å². The summed E-state index contributed by atoms with van der Waals surface area (Å²) in [5, 5.41) is 2.67. The molecule has 19 heavy (non-hydrogen) atoms. The first-order valence-electron chi connectivity index (χ1n) is 5.87. The molecule has 1 N–H and O–H groups in total. The number of carbonyl (C=O) groups excluding carboxylic acids is 1. The highest BCUT2D eigenvalue weighted by Gasteiger charge is 2.10. The van der Waals surface area contributed by atoms with Crippen LogP contribution in [-0.4, -0.2) is 12.5 Å². The number of hydrogen-bond donors (Lipinski definition) is 1. The molecule has 0 spiro atoms. The van der Waals surface area contributed by atoms with Gasteiger partial charge in [0.05, 0.1) is 5.88 Å². The monoisotopic (exact) mass is 281 g/mol. The predicted octanol–water partition coefficient (Wildman–Crippen LogP) is 3.13. The first-order chi connectivity index (χ1) is 9.20. The Kier molecular flexibility index (Phi) is 4.58. The summed E-state index contributed by atoms with van der Waals surface area (Å²) in [6, 6.07) is 9.71. The number of amides is 1. The quantitative estimate of drug-likeness (QED) is 0.856. The summed E-state index contributed by atoms with van der Waals surface area (Å²) in [5.41, 5.74) is 0.573. The Balaban J connectivity index is 1.86. The zero-order valence-electron chi connectivity index (χ0n) is 10.2. The second-order valence-corrected chi connectivity index (χ2v) is 4.26. The van der Waals surface area contributed by atoms with E-state index in [1.165, 1.54) is 6.07 Å². The molecule has 2 rings (SSSR count). The summed E-state index contributed by atoms with van der Waals surface area (Å²) in [7, 11) is 0. The first kappa shape index (κ1) is 13.6. The van der Waals surface area contributed by atoms with E-state index in [0.29, 0.717) is 24.3 Å². The average molecular weight is 282 g/mol. The summed E-state index contributed by atoms with van der Waals surface area (Å²) >= 11 is 5.58. The maximum atomic E-state index is 13.3. The minimum Gasteiger partial charge on any atom is -0.455 e. The minimum atomic E-state index is -0.326. The summed E-state index contributed by atoms with van der Waals surface area (Å²) in [4.78, 5) is 11.7. The van der Waals surface area contributed by atoms with E-state index in [0.717, 1.165) is 0 Å². The second kappa shape index (κ2) is 6.38. The molecule has 0 fully saturated rings. The number of nitrogens with one attached hydrogen (secondary N) is 1. The number of alkyl halides is 1. The van der Waals surface area contributed by atoms with E-state index in [-0.39, 0.29) is 23.4 Å². The lowest BCUT2D eigenvalue weighted by atomic mass is 10.1. The zero-order valence-corrected chi connectivity index (χ0v) is 10.9. The molecular formula is C14H13ClFNO2. The van der Waals surface area contributed by atoms with Crippen molar-refractivity contribution in [3.05, 3.63) is 59.3 Å². The van der Waals surface area contributed by atoms with Crippen LogP contribution in [0.1, 0.15) is 21.9 Å². The zero-order chi connectivity index (χ0) is 13.7. The van der Waals surface area contributed by atoms with Gasteiger partial charge in [-0.2, -0.15) is 0 Å². The van der Waals surface area contributed by atoms with Crippen LogP contribution in [0.4, 0.5) is 4.39 Å². The van der Waals surface area contributed by atoms with Gasteiger partial charge in [0, 0.05) is 6.54 Å². The van der Waals surface area contributed by atoms with E-state index in [4.69, 9.17) is 16.0 Å². The Labute approximate surface area is 115 Å². The second-order valence-electron chi connectivity index (χ2n) is 4.00. The number of benzene rings is 1. The fourth-order valence-corrected chi connectivity index (χ4v) is 1.81. The molecular weight excluding hydrogens is 269 g/mol. The van der Waals surface area contributed by atoms with Gasteiger partial charge in [0.25, 0.3) is 5.91 Å². The average Bonchev–Trinajstić information content (AvgIpc) is 2.90. The van der Waals surface area contributed by atoms with E-state index in [1.54, 1.807) is 30.3 Å². The van der Waals surface area contributed by atoms with E-state index in [1.807, 2.05) is 0 Å². The first-order valence-corrected chi connectivity index (χ1v) is 6.40. The Hall–Kier alpha value is -1.81. The van der Waals surface area contributed by atoms with Crippen molar-refractivity contribution in [1.29, 1.82) is 0 Å². The molecule has 1 heterocycles. The van der Waals surface area contributed by atoms with Crippen molar-refractivity contribution in [3.8, 4) is 0 Å². The van der Waals surface area contributed by atoms with Gasteiger partial charge in [0.15, 0.2) is 5.76 Å². The molecule has 5 heteroatoms. The molecule has 0 aliphatic heterocycles. The summed E-state index contributed by atoms with van der Waals surface area (Å²) in [5.74, 6) is 0.389. The highest BCUT2D eigenvalue weighted by atomic mass is 35.5. The molecule has 0 atom stereocenters. The van der Waals surface area contributed by atoms with Crippen LogP contribution < -0.4 is 5.32 Å². The molecule has 1 aromatic heterocycles. The van der Waals surface area contributed by atoms with Crippen LogP contribution in [-0.2, 0) is 12.3 Å².